The number of nitrogens with zero attached hydrogens (tertiary/aromatic N) is 1. The van der Waals surface area contributed by atoms with Crippen molar-refractivity contribution in [1.82, 2.24) is 0 Å². The number of halogens is 1. The number of rotatable bonds is 6. The van der Waals surface area contributed by atoms with Gasteiger partial charge in [-0.2, -0.15) is 0 Å². The van der Waals surface area contributed by atoms with Gasteiger partial charge in [0.15, 0.2) is 5.78 Å². The summed E-state index contributed by atoms with van der Waals surface area (Å²) in [5, 5.41) is 0. The van der Waals surface area contributed by atoms with Crippen LogP contribution in [0.2, 0.25) is 0 Å². The number of carbonyl (C=O) groups excluding carboxylic acids is 2. The Morgan fingerprint density at radius 1 is 0.800 bits per heavy atom. The predicted molar refractivity (Wildman–Crippen MR) is 225 cm³/mol. The fourth-order valence-electron chi connectivity index (χ4n) is 7.53. The molecule has 1 aliphatic heterocycles. The molecule has 4 atom stereocenters. The van der Waals surface area contributed by atoms with Crippen LogP contribution in [0.5, 0.6) is 0 Å². The summed E-state index contributed by atoms with van der Waals surface area (Å²) >= 11 is 0. The summed E-state index contributed by atoms with van der Waals surface area (Å²) in [5.74, 6) is 20.8. The number of fused-ring (bicyclic) bond motifs is 3. The van der Waals surface area contributed by atoms with E-state index < -0.39 is 11.1 Å². The molecule has 4 aliphatic rings. The molecule has 1 saturated carbocycles. The molecule has 0 bridgehead atoms. The third kappa shape index (κ3) is 14.0. The Bertz CT molecular complexity index is 1790. The second kappa shape index (κ2) is 19.3. The van der Waals surface area contributed by atoms with Crippen LogP contribution < -0.4 is 4.90 Å². The Morgan fingerprint density at radius 3 is 2.05 bits per heavy atom. The van der Waals surface area contributed by atoms with E-state index in [2.05, 4.69) is 83.1 Å². The molecule has 0 N–H and O–H groups in total. The first-order valence-electron chi connectivity index (χ1n) is 20.7. The van der Waals surface area contributed by atoms with Crippen molar-refractivity contribution in [2.45, 2.75) is 157 Å². The zero-order chi connectivity index (χ0) is 40.3. The standard InChI is InChI=1S/C23H25NO.C14H22O.C13H19FO/c1-23(2,3)16-8-13-22(25)24-17-20-11-5-4-9-18(20)14-15-19-10-6-7-12-21(19)24;1-14(2,3)15-10-13-11-8-6-4-5-7-9-12(11)13;1-12(2,3)11(15)13(14)9-7-5-4-6-8-10-13/h4-7,9-12H,8,13,16-17H2,1-3H3;11-13H,6-10H2,1-3H3;4-7,9H2,1-3H3/t;11-,12+,13?;. The van der Waals surface area contributed by atoms with Gasteiger partial charge in [0.1, 0.15) is 0 Å². The molecule has 0 radical (unpaired) electrons. The number of carbonyl (C=O) groups is 2. The maximum atomic E-state index is 14.4. The van der Waals surface area contributed by atoms with E-state index in [0.29, 0.717) is 19.4 Å². The molecule has 5 heteroatoms. The summed E-state index contributed by atoms with van der Waals surface area (Å²) < 4.78 is 20.3. The highest BCUT2D eigenvalue weighted by atomic mass is 19.1. The minimum atomic E-state index is -1.90. The number of hydrogen-bond donors (Lipinski definition) is 0. The number of benzene rings is 2. The number of alkyl halides is 1. The van der Waals surface area contributed by atoms with E-state index in [1.165, 1.54) is 12.8 Å². The van der Waals surface area contributed by atoms with Gasteiger partial charge in [-0.15, -0.1) is 11.8 Å². The molecule has 1 amide bonds. The molecule has 2 unspecified atom stereocenters. The van der Waals surface area contributed by atoms with Crippen molar-refractivity contribution in [1.29, 1.82) is 0 Å². The number of ether oxygens (including phenoxy) is 1. The Morgan fingerprint density at radius 2 is 1.42 bits per heavy atom. The van der Waals surface area contributed by atoms with Crippen LogP contribution in [0.15, 0.2) is 48.5 Å². The SMILES string of the molecule is CC(C)(C)C(=O)C1(F)C#CCCCCC1.CC(C)(C)CCCC(=O)N1Cc2ccccc2C#Cc2ccccc21.CC(C)(C)OCC1[C@H]2CCC#CCC[C@@H]12. The third-order valence-electron chi connectivity index (χ3n) is 10.7. The molecule has 296 valence electrons. The minimum absolute atomic E-state index is 0.0222. The van der Waals surface area contributed by atoms with Crippen molar-refractivity contribution in [2.24, 2.45) is 28.6 Å². The Hall–Kier alpha value is -3.85. The van der Waals surface area contributed by atoms with Crippen molar-refractivity contribution in [2.75, 3.05) is 11.5 Å². The summed E-state index contributed by atoms with van der Waals surface area (Å²) in [6.45, 7) is 19.8. The first-order chi connectivity index (χ1) is 25.9. The molecule has 2 aromatic carbocycles. The van der Waals surface area contributed by atoms with E-state index in [9.17, 15) is 14.0 Å². The van der Waals surface area contributed by atoms with Crippen molar-refractivity contribution in [3.8, 4) is 35.5 Å². The molecule has 0 aromatic heterocycles. The lowest BCUT2D eigenvalue weighted by Gasteiger charge is -2.27. The summed E-state index contributed by atoms with van der Waals surface area (Å²) in [7, 11) is 0. The van der Waals surface area contributed by atoms with Crippen LogP contribution in [0.4, 0.5) is 10.1 Å². The van der Waals surface area contributed by atoms with Gasteiger partial charge >= 0.3 is 0 Å². The molecule has 2 aromatic rings. The van der Waals surface area contributed by atoms with Crippen LogP contribution in [0, 0.1) is 64.1 Å². The van der Waals surface area contributed by atoms with Crippen molar-refractivity contribution in [3.63, 3.8) is 0 Å². The van der Waals surface area contributed by atoms with Crippen LogP contribution in [0.1, 0.15) is 156 Å². The molecule has 3 aliphatic carbocycles. The summed E-state index contributed by atoms with van der Waals surface area (Å²) in [4.78, 5) is 26.8. The van der Waals surface area contributed by atoms with Crippen LogP contribution in [-0.2, 0) is 20.9 Å². The van der Waals surface area contributed by atoms with Crippen molar-refractivity contribution >= 4 is 17.4 Å². The fourth-order valence-corrected chi connectivity index (χ4v) is 7.53. The van der Waals surface area contributed by atoms with Crippen molar-refractivity contribution < 1.29 is 18.7 Å². The predicted octanol–water partition coefficient (Wildman–Crippen LogP) is 11.7. The summed E-state index contributed by atoms with van der Waals surface area (Å²) in [6, 6.07) is 16.0. The maximum absolute atomic E-state index is 14.4. The highest BCUT2D eigenvalue weighted by Crippen LogP contribution is 2.52. The minimum Gasteiger partial charge on any atom is -0.376 e. The lowest BCUT2D eigenvalue weighted by Crippen LogP contribution is -2.41. The van der Waals surface area contributed by atoms with Gasteiger partial charge in [0, 0.05) is 48.6 Å². The zero-order valence-corrected chi connectivity index (χ0v) is 35.3. The van der Waals surface area contributed by atoms with Gasteiger partial charge in [-0.25, -0.2) is 4.39 Å². The first kappa shape index (κ1) is 43.9. The number of ketones is 1. The summed E-state index contributed by atoms with van der Waals surface area (Å²) in [6.07, 6.45) is 11.1. The third-order valence-corrected chi connectivity index (χ3v) is 10.7. The molecular weight excluding hydrogens is 682 g/mol. The van der Waals surface area contributed by atoms with Gasteiger partial charge in [-0.3, -0.25) is 9.59 Å². The second-order valence-corrected chi connectivity index (χ2v) is 18.9. The summed E-state index contributed by atoms with van der Waals surface area (Å²) in [5.41, 5.74) is 1.67. The van der Waals surface area contributed by atoms with Crippen LogP contribution in [-0.4, -0.2) is 29.6 Å². The fraction of sp³-hybridized carbons (Fsp3) is 0.600. The largest absolute Gasteiger partial charge is 0.376 e. The molecule has 6 rings (SSSR count). The average molecular weight is 748 g/mol. The maximum Gasteiger partial charge on any atom is 0.229 e. The zero-order valence-electron chi connectivity index (χ0n) is 35.3. The molecule has 4 nitrogen and oxygen atoms in total. The Balaban J connectivity index is 0.000000194. The number of amides is 1. The van der Waals surface area contributed by atoms with Crippen LogP contribution in [0.3, 0.4) is 0 Å². The highest BCUT2D eigenvalue weighted by molar-refractivity contribution is 5.95. The normalized spacial score (nSPS) is 22.7. The topological polar surface area (TPSA) is 46.6 Å². The Labute approximate surface area is 333 Å². The second-order valence-electron chi connectivity index (χ2n) is 18.9. The number of hydrogen-bond acceptors (Lipinski definition) is 3. The van der Waals surface area contributed by atoms with Gasteiger partial charge < -0.3 is 9.64 Å². The highest BCUT2D eigenvalue weighted by Gasteiger charge is 2.49. The first-order valence-corrected chi connectivity index (χ1v) is 20.7. The van der Waals surface area contributed by atoms with Crippen LogP contribution in [0.25, 0.3) is 0 Å². The lowest BCUT2D eigenvalue weighted by atomic mass is 9.78. The van der Waals surface area contributed by atoms with E-state index >= 15 is 0 Å². The van der Waals surface area contributed by atoms with E-state index in [1.54, 1.807) is 20.8 Å². The monoisotopic (exact) mass is 748 g/mol. The smallest absolute Gasteiger partial charge is 0.229 e. The molecule has 0 saturated heterocycles. The molecular formula is C50H66FNO3. The molecule has 1 heterocycles. The molecule has 0 spiro atoms. The Kier molecular flexibility index (Phi) is 15.4. The van der Waals surface area contributed by atoms with E-state index in [0.717, 1.165) is 91.7 Å². The van der Waals surface area contributed by atoms with E-state index in [4.69, 9.17) is 4.74 Å². The number of anilines is 1. The van der Waals surface area contributed by atoms with Crippen molar-refractivity contribution in [3.05, 3.63) is 65.2 Å². The van der Waals surface area contributed by atoms with Gasteiger partial charge in [-0.05, 0) is 106 Å². The van der Waals surface area contributed by atoms with Gasteiger partial charge in [0.05, 0.1) is 24.4 Å². The van der Waals surface area contributed by atoms with Crippen LogP contribution >= 0.6 is 0 Å². The van der Waals surface area contributed by atoms with Gasteiger partial charge in [-0.1, -0.05) is 102 Å². The average Bonchev–Trinajstić information content (AvgIpc) is 3.74. The van der Waals surface area contributed by atoms with Gasteiger partial charge in [0.25, 0.3) is 0 Å². The molecule has 1 fully saturated rings. The number of para-hydroxylation sites is 1. The van der Waals surface area contributed by atoms with E-state index in [-0.39, 0.29) is 29.1 Å². The number of Topliss-reactive ketones (excluding diaryl/α,β-unsaturated/α-hetero) is 1. The van der Waals surface area contributed by atoms with Gasteiger partial charge in [0.2, 0.25) is 11.6 Å². The van der Waals surface area contributed by atoms with E-state index in [1.807, 2.05) is 47.4 Å². The molecule has 55 heavy (non-hydrogen) atoms. The lowest BCUT2D eigenvalue weighted by molar-refractivity contribution is -0.135. The quantitative estimate of drug-likeness (QED) is 0.277.